The fourth-order valence-electron chi connectivity index (χ4n) is 2.28. The van der Waals surface area contributed by atoms with E-state index < -0.39 is 0 Å². The number of fused-ring (bicyclic) bond motifs is 2. The zero-order valence-electron chi connectivity index (χ0n) is 10.1. The van der Waals surface area contributed by atoms with Gasteiger partial charge in [0.1, 0.15) is 0 Å². The third-order valence-electron chi connectivity index (χ3n) is 3.24. The number of benzene rings is 1. The molecule has 100 valence electrons. The molecule has 0 bridgehead atoms. The second-order valence-corrected chi connectivity index (χ2v) is 7.04. The Balaban J connectivity index is 1.80. The van der Waals surface area contributed by atoms with Crippen molar-refractivity contribution in [1.82, 2.24) is 9.97 Å². The molecule has 1 unspecified atom stereocenters. The molecule has 0 saturated carbocycles. The summed E-state index contributed by atoms with van der Waals surface area (Å²) < 4.78 is 2.54. The first-order valence-electron chi connectivity index (χ1n) is 6.04. The molecule has 0 amide bonds. The van der Waals surface area contributed by atoms with Gasteiger partial charge in [-0.3, -0.25) is 0 Å². The maximum absolute atomic E-state index is 11.3. The number of H-pyrrole nitrogens is 2. The molecule has 2 N–H and O–H groups in total. The van der Waals surface area contributed by atoms with Crippen molar-refractivity contribution in [2.75, 3.05) is 0 Å². The Morgan fingerprint density at radius 2 is 1.90 bits per heavy atom. The molecule has 3 heterocycles. The van der Waals surface area contributed by atoms with E-state index in [0.29, 0.717) is 0 Å². The quantitative estimate of drug-likeness (QED) is 0.526. The first-order valence-corrected chi connectivity index (χ1v) is 8.17. The summed E-state index contributed by atoms with van der Waals surface area (Å²) >= 11 is 10.0. The van der Waals surface area contributed by atoms with Gasteiger partial charge in [0.25, 0.3) is 0 Å². The van der Waals surface area contributed by atoms with Gasteiger partial charge in [-0.25, -0.2) is 4.79 Å². The fourth-order valence-corrected chi connectivity index (χ4v) is 4.74. The number of imidazole rings is 1. The number of halogens is 1. The number of alkyl halides is 1. The van der Waals surface area contributed by atoms with Gasteiger partial charge in [0.15, 0.2) is 0 Å². The van der Waals surface area contributed by atoms with Crippen LogP contribution in [0.5, 0.6) is 0 Å². The SMILES string of the molecule is O=c1[nH]c2ccc(C(Cl)c3cc4sccc4s3)cc2[nH]1. The third-order valence-corrected chi connectivity index (χ3v) is 6.02. The minimum absolute atomic E-state index is 0.192. The van der Waals surface area contributed by atoms with Crippen LogP contribution in [0.4, 0.5) is 0 Å². The minimum atomic E-state index is -0.195. The number of hydrogen-bond acceptors (Lipinski definition) is 3. The normalized spacial score (nSPS) is 13.2. The molecular formula is C14H9ClN2OS2. The molecule has 1 aromatic carbocycles. The average Bonchev–Trinajstić information content (AvgIpc) is 3.08. The largest absolute Gasteiger partial charge is 0.323 e. The first-order chi connectivity index (χ1) is 9.70. The highest BCUT2D eigenvalue weighted by molar-refractivity contribution is 7.27. The van der Waals surface area contributed by atoms with Gasteiger partial charge < -0.3 is 9.97 Å². The third kappa shape index (κ3) is 1.90. The lowest BCUT2D eigenvalue weighted by atomic mass is 10.1. The number of aromatic amines is 2. The molecule has 0 saturated heterocycles. The van der Waals surface area contributed by atoms with Crippen LogP contribution in [-0.2, 0) is 0 Å². The van der Waals surface area contributed by atoms with Gasteiger partial charge in [0, 0.05) is 14.3 Å². The number of thiophene rings is 2. The van der Waals surface area contributed by atoms with Gasteiger partial charge >= 0.3 is 5.69 Å². The molecule has 3 nitrogen and oxygen atoms in total. The predicted molar refractivity (Wildman–Crippen MR) is 86.3 cm³/mol. The lowest BCUT2D eigenvalue weighted by molar-refractivity contribution is 1.19. The topological polar surface area (TPSA) is 48.6 Å². The van der Waals surface area contributed by atoms with Crippen LogP contribution < -0.4 is 5.69 Å². The van der Waals surface area contributed by atoms with E-state index in [1.54, 1.807) is 22.7 Å². The van der Waals surface area contributed by atoms with Crippen LogP contribution >= 0.6 is 34.3 Å². The van der Waals surface area contributed by atoms with E-state index in [1.165, 1.54) is 9.40 Å². The van der Waals surface area contributed by atoms with Crippen molar-refractivity contribution in [3.05, 3.63) is 56.6 Å². The number of hydrogen-bond donors (Lipinski definition) is 2. The fraction of sp³-hybridized carbons (Fsp3) is 0.0714. The highest BCUT2D eigenvalue weighted by Gasteiger charge is 2.15. The van der Waals surface area contributed by atoms with E-state index in [-0.39, 0.29) is 11.1 Å². The Morgan fingerprint density at radius 3 is 2.75 bits per heavy atom. The first kappa shape index (κ1) is 12.2. The van der Waals surface area contributed by atoms with Crippen molar-refractivity contribution in [3.63, 3.8) is 0 Å². The van der Waals surface area contributed by atoms with Crippen molar-refractivity contribution in [2.45, 2.75) is 5.38 Å². The standard InChI is InChI=1S/C14H9ClN2OS2/c15-13(12-6-11-10(20-12)3-4-19-11)7-1-2-8-9(5-7)17-14(18)16-8/h1-6,13H,(H2,16,17,18). The van der Waals surface area contributed by atoms with Crippen LogP contribution in [-0.4, -0.2) is 9.97 Å². The summed E-state index contributed by atoms with van der Waals surface area (Å²) in [5.41, 5.74) is 2.38. The molecule has 4 rings (SSSR count). The van der Waals surface area contributed by atoms with E-state index in [0.717, 1.165) is 21.5 Å². The van der Waals surface area contributed by atoms with Gasteiger partial charge in [-0.1, -0.05) is 6.07 Å². The summed E-state index contributed by atoms with van der Waals surface area (Å²) in [5.74, 6) is 0. The summed E-state index contributed by atoms with van der Waals surface area (Å²) in [6.07, 6.45) is 0. The zero-order chi connectivity index (χ0) is 13.7. The zero-order valence-corrected chi connectivity index (χ0v) is 12.5. The summed E-state index contributed by atoms with van der Waals surface area (Å²) in [7, 11) is 0. The lowest BCUT2D eigenvalue weighted by Gasteiger charge is -2.07. The van der Waals surface area contributed by atoms with Gasteiger partial charge in [-0.2, -0.15) is 0 Å². The number of aromatic nitrogens is 2. The monoisotopic (exact) mass is 320 g/mol. The highest BCUT2D eigenvalue weighted by atomic mass is 35.5. The second kappa shape index (κ2) is 4.48. The minimum Gasteiger partial charge on any atom is -0.306 e. The Labute approximate surface area is 126 Å². The molecule has 0 fully saturated rings. The molecule has 0 spiro atoms. The summed E-state index contributed by atoms with van der Waals surface area (Å²) in [5, 5.41) is 1.90. The van der Waals surface area contributed by atoms with Gasteiger partial charge in [-0.05, 0) is 35.2 Å². The maximum Gasteiger partial charge on any atom is 0.323 e. The Morgan fingerprint density at radius 1 is 1.05 bits per heavy atom. The van der Waals surface area contributed by atoms with Crippen molar-refractivity contribution < 1.29 is 0 Å². The molecule has 20 heavy (non-hydrogen) atoms. The molecule has 0 aliphatic carbocycles. The molecule has 0 aliphatic heterocycles. The molecule has 6 heteroatoms. The summed E-state index contributed by atoms with van der Waals surface area (Å²) in [6.45, 7) is 0. The molecule has 3 aromatic heterocycles. The van der Waals surface area contributed by atoms with Crippen LogP contribution in [0.25, 0.3) is 20.4 Å². The number of nitrogens with one attached hydrogen (secondary N) is 2. The van der Waals surface area contributed by atoms with Crippen molar-refractivity contribution in [1.29, 1.82) is 0 Å². The van der Waals surface area contributed by atoms with Gasteiger partial charge in [0.05, 0.1) is 16.4 Å². The van der Waals surface area contributed by atoms with Crippen molar-refractivity contribution >= 4 is 54.7 Å². The molecule has 1 atom stereocenters. The number of rotatable bonds is 2. The van der Waals surface area contributed by atoms with Crippen LogP contribution in [0.15, 0.2) is 40.5 Å². The van der Waals surface area contributed by atoms with E-state index in [9.17, 15) is 4.79 Å². The average molecular weight is 321 g/mol. The summed E-state index contributed by atoms with van der Waals surface area (Å²) in [4.78, 5) is 17.9. The Kier molecular flexibility index (Phi) is 2.73. The van der Waals surface area contributed by atoms with Crippen LogP contribution in [0, 0.1) is 0 Å². The Hall–Kier alpha value is -1.56. The van der Waals surface area contributed by atoms with Crippen LogP contribution in [0.2, 0.25) is 0 Å². The molecule has 0 radical (unpaired) electrons. The van der Waals surface area contributed by atoms with Crippen LogP contribution in [0.1, 0.15) is 15.8 Å². The van der Waals surface area contributed by atoms with Crippen molar-refractivity contribution in [3.8, 4) is 0 Å². The van der Waals surface area contributed by atoms with E-state index in [2.05, 4.69) is 27.5 Å². The predicted octanol–water partition coefficient (Wildman–Crippen LogP) is 4.46. The van der Waals surface area contributed by atoms with E-state index in [4.69, 9.17) is 11.6 Å². The summed E-state index contributed by atoms with van der Waals surface area (Å²) in [6, 6.07) is 10.0. The van der Waals surface area contributed by atoms with Gasteiger partial charge in [-0.15, -0.1) is 34.3 Å². The van der Waals surface area contributed by atoms with Crippen LogP contribution in [0.3, 0.4) is 0 Å². The second-order valence-electron chi connectivity index (χ2n) is 4.54. The Bertz CT molecular complexity index is 934. The molecule has 0 aliphatic rings. The lowest BCUT2D eigenvalue weighted by Crippen LogP contribution is -1.99. The van der Waals surface area contributed by atoms with Gasteiger partial charge in [0.2, 0.25) is 0 Å². The molecule has 4 aromatic rings. The maximum atomic E-state index is 11.3. The van der Waals surface area contributed by atoms with E-state index >= 15 is 0 Å². The highest BCUT2D eigenvalue weighted by Crippen LogP contribution is 2.39. The van der Waals surface area contributed by atoms with E-state index in [1.807, 2.05) is 18.2 Å². The van der Waals surface area contributed by atoms with Crippen molar-refractivity contribution in [2.24, 2.45) is 0 Å². The molecular weight excluding hydrogens is 312 g/mol. The smallest absolute Gasteiger partial charge is 0.306 e.